The molecule has 0 aliphatic carbocycles. The Morgan fingerprint density at radius 1 is 1.24 bits per heavy atom. The molecule has 1 aromatic carbocycles. The third kappa shape index (κ3) is 2.91. The Bertz CT molecular complexity index is 650. The van der Waals surface area contributed by atoms with Gasteiger partial charge in [-0.25, -0.2) is 0 Å². The van der Waals surface area contributed by atoms with Gasteiger partial charge in [0.15, 0.2) is 0 Å². The van der Waals surface area contributed by atoms with Gasteiger partial charge < -0.3 is 16.0 Å². The van der Waals surface area contributed by atoms with Crippen LogP contribution in [0.5, 0.6) is 0 Å². The molecule has 0 radical (unpaired) electrons. The monoisotopic (exact) mass is 284 g/mol. The number of nitrogens with two attached hydrogens (primary N) is 1. The van der Waals surface area contributed by atoms with Crippen LogP contribution in [0.25, 0.3) is 10.9 Å². The summed E-state index contributed by atoms with van der Waals surface area (Å²) in [5, 5.41) is 4.07. The van der Waals surface area contributed by atoms with Crippen LogP contribution in [0.3, 0.4) is 0 Å². The van der Waals surface area contributed by atoms with Crippen molar-refractivity contribution in [3.05, 3.63) is 30.5 Å². The number of carbonyl (C=O) groups excluding carboxylic acids is 1. The number of hydrogen-bond acceptors (Lipinski definition) is 4. The van der Waals surface area contributed by atoms with Crippen LogP contribution in [0.2, 0.25) is 0 Å². The molecule has 2 heterocycles. The standard InChI is InChI=1S/C16H20N4O/c17-16-12-5-4-8-18-13(12)6-7-14(16)19-11-15(21)20-9-2-1-3-10-20/h4-8,19H,1-3,9-11,17H2. The average Bonchev–Trinajstić information content (AvgIpc) is 2.55. The van der Waals surface area contributed by atoms with Gasteiger partial charge in [0.05, 0.1) is 23.4 Å². The van der Waals surface area contributed by atoms with E-state index in [0.29, 0.717) is 5.69 Å². The van der Waals surface area contributed by atoms with Crippen molar-refractivity contribution in [3.8, 4) is 0 Å². The van der Waals surface area contributed by atoms with Crippen molar-refractivity contribution in [1.82, 2.24) is 9.88 Å². The molecule has 21 heavy (non-hydrogen) atoms. The van der Waals surface area contributed by atoms with E-state index in [1.165, 1.54) is 6.42 Å². The van der Waals surface area contributed by atoms with Crippen LogP contribution in [0.15, 0.2) is 30.5 Å². The molecule has 0 spiro atoms. The number of pyridine rings is 1. The topological polar surface area (TPSA) is 71.2 Å². The van der Waals surface area contributed by atoms with Gasteiger partial charge in [0, 0.05) is 24.7 Å². The number of anilines is 2. The summed E-state index contributed by atoms with van der Waals surface area (Å²) in [5.74, 6) is 0.139. The Hall–Kier alpha value is -2.30. The zero-order valence-corrected chi connectivity index (χ0v) is 12.0. The average molecular weight is 284 g/mol. The molecule has 1 aliphatic rings. The van der Waals surface area contributed by atoms with Gasteiger partial charge in [-0.1, -0.05) is 0 Å². The third-order valence-electron chi connectivity index (χ3n) is 3.97. The van der Waals surface area contributed by atoms with Crippen molar-refractivity contribution >= 4 is 28.2 Å². The van der Waals surface area contributed by atoms with E-state index in [9.17, 15) is 4.79 Å². The lowest BCUT2D eigenvalue weighted by Gasteiger charge is -2.27. The molecule has 1 amide bonds. The first-order chi connectivity index (χ1) is 10.3. The fourth-order valence-electron chi connectivity index (χ4n) is 2.76. The second kappa shape index (κ2) is 5.99. The number of aromatic nitrogens is 1. The molecule has 110 valence electrons. The lowest BCUT2D eigenvalue weighted by molar-refractivity contribution is -0.130. The smallest absolute Gasteiger partial charge is 0.241 e. The van der Waals surface area contributed by atoms with E-state index in [2.05, 4.69) is 10.3 Å². The normalized spacial score (nSPS) is 15.1. The number of nitrogens with one attached hydrogen (secondary N) is 1. The molecule has 1 fully saturated rings. The number of piperidine rings is 1. The Kier molecular flexibility index (Phi) is 3.90. The van der Waals surface area contributed by atoms with Gasteiger partial charge in [-0.2, -0.15) is 0 Å². The maximum Gasteiger partial charge on any atom is 0.241 e. The SMILES string of the molecule is Nc1c(NCC(=O)N2CCCCC2)ccc2ncccc12. The number of hydrogen-bond donors (Lipinski definition) is 2. The van der Waals surface area contributed by atoms with Crippen molar-refractivity contribution < 1.29 is 4.79 Å². The minimum absolute atomic E-state index is 0.139. The van der Waals surface area contributed by atoms with Crippen molar-refractivity contribution in [2.75, 3.05) is 30.7 Å². The zero-order valence-electron chi connectivity index (χ0n) is 12.0. The van der Waals surface area contributed by atoms with Crippen molar-refractivity contribution in [2.45, 2.75) is 19.3 Å². The highest BCUT2D eigenvalue weighted by Gasteiger charge is 2.16. The summed E-state index contributed by atoms with van der Waals surface area (Å²) >= 11 is 0. The van der Waals surface area contributed by atoms with E-state index in [0.717, 1.165) is 42.5 Å². The summed E-state index contributed by atoms with van der Waals surface area (Å²) in [7, 11) is 0. The van der Waals surface area contributed by atoms with Gasteiger partial charge in [0.1, 0.15) is 0 Å². The first kappa shape index (κ1) is 13.7. The van der Waals surface area contributed by atoms with E-state index in [1.807, 2.05) is 29.2 Å². The zero-order chi connectivity index (χ0) is 14.7. The van der Waals surface area contributed by atoms with E-state index >= 15 is 0 Å². The number of carbonyl (C=O) groups is 1. The van der Waals surface area contributed by atoms with Crippen molar-refractivity contribution in [1.29, 1.82) is 0 Å². The lowest BCUT2D eigenvalue weighted by Crippen LogP contribution is -2.39. The number of nitrogen functional groups attached to an aromatic ring is 1. The number of fused-ring (bicyclic) bond motifs is 1. The highest BCUT2D eigenvalue weighted by molar-refractivity contribution is 5.97. The van der Waals surface area contributed by atoms with Crippen LogP contribution in [0.4, 0.5) is 11.4 Å². The van der Waals surface area contributed by atoms with E-state index in [-0.39, 0.29) is 12.5 Å². The largest absolute Gasteiger partial charge is 0.397 e. The highest BCUT2D eigenvalue weighted by atomic mass is 16.2. The van der Waals surface area contributed by atoms with Gasteiger partial charge in [0.25, 0.3) is 0 Å². The fourth-order valence-corrected chi connectivity index (χ4v) is 2.76. The molecule has 5 nitrogen and oxygen atoms in total. The minimum Gasteiger partial charge on any atom is -0.397 e. The van der Waals surface area contributed by atoms with Gasteiger partial charge >= 0.3 is 0 Å². The van der Waals surface area contributed by atoms with Crippen LogP contribution in [0, 0.1) is 0 Å². The van der Waals surface area contributed by atoms with Crippen molar-refractivity contribution in [2.24, 2.45) is 0 Å². The molecular weight excluding hydrogens is 264 g/mol. The van der Waals surface area contributed by atoms with Crippen LogP contribution < -0.4 is 11.1 Å². The number of rotatable bonds is 3. The molecule has 0 unspecified atom stereocenters. The van der Waals surface area contributed by atoms with E-state index in [1.54, 1.807) is 6.20 Å². The third-order valence-corrected chi connectivity index (χ3v) is 3.97. The summed E-state index contributed by atoms with van der Waals surface area (Å²) < 4.78 is 0. The molecule has 2 aromatic rings. The molecular formula is C16H20N4O. The summed E-state index contributed by atoms with van der Waals surface area (Å²) in [4.78, 5) is 18.4. The predicted octanol–water partition coefficient (Wildman–Crippen LogP) is 2.24. The molecule has 0 bridgehead atoms. The van der Waals surface area contributed by atoms with Gasteiger partial charge in [-0.3, -0.25) is 9.78 Å². The number of benzene rings is 1. The maximum absolute atomic E-state index is 12.2. The fraction of sp³-hybridized carbons (Fsp3) is 0.375. The second-order valence-corrected chi connectivity index (χ2v) is 5.39. The van der Waals surface area contributed by atoms with Gasteiger partial charge in [-0.05, 0) is 43.5 Å². The first-order valence-corrected chi connectivity index (χ1v) is 7.40. The van der Waals surface area contributed by atoms with E-state index in [4.69, 9.17) is 5.73 Å². The maximum atomic E-state index is 12.2. The van der Waals surface area contributed by atoms with Crippen molar-refractivity contribution in [3.63, 3.8) is 0 Å². The number of likely N-dealkylation sites (tertiary alicyclic amines) is 1. The molecule has 0 atom stereocenters. The molecule has 1 saturated heterocycles. The summed E-state index contributed by atoms with van der Waals surface area (Å²) in [6.07, 6.45) is 5.18. The molecule has 1 aromatic heterocycles. The van der Waals surface area contributed by atoms with E-state index < -0.39 is 0 Å². The Balaban J connectivity index is 1.70. The van der Waals surface area contributed by atoms with Crippen LogP contribution >= 0.6 is 0 Å². The minimum atomic E-state index is 0.139. The summed E-state index contributed by atoms with van der Waals surface area (Å²) in [6, 6.07) is 7.60. The van der Waals surface area contributed by atoms with Gasteiger partial charge in [-0.15, -0.1) is 0 Å². The van der Waals surface area contributed by atoms with Crippen LogP contribution in [-0.2, 0) is 4.79 Å². The molecule has 0 saturated carbocycles. The summed E-state index contributed by atoms with van der Waals surface area (Å²) in [5.41, 5.74) is 8.46. The highest BCUT2D eigenvalue weighted by Crippen LogP contribution is 2.27. The van der Waals surface area contributed by atoms with Crippen LogP contribution in [-0.4, -0.2) is 35.4 Å². The second-order valence-electron chi connectivity index (χ2n) is 5.39. The Morgan fingerprint density at radius 3 is 2.86 bits per heavy atom. The number of nitrogens with zero attached hydrogens (tertiary/aromatic N) is 2. The van der Waals surface area contributed by atoms with Gasteiger partial charge in [0.2, 0.25) is 5.91 Å². The molecule has 1 aliphatic heterocycles. The molecule has 5 heteroatoms. The summed E-state index contributed by atoms with van der Waals surface area (Å²) in [6.45, 7) is 2.03. The lowest BCUT2D eigenvalue weighted by atomic mass is 10.1. The number of amides is 1. The molecule has 3 N–H and O–H groups in total. The quantitative estimate of drug-likeness (QED) is 0.848. The Labute approximate surface area is 124 Å². The first-order valence-electron chi connectivity index (χ1n) is 7.40. The molecule has 3 rings (SSSR count). The van der Waals surface area contributed by atoms with Crippen LogP contribution in [0.1, 0.15) is 19.3 Å². The Morgan fingerprint density at radius 2 is 2.05 bits per heavy atom. The predicted molar refractivity (Wildman–Crippen MR) is 85.1 cm³/mol.